The number of nitrogens with zero attached hydrogens (tertiary/aromatic N) is 2. The van der Waals surface area contributed by atoms with Crippen molar-refractivity contribution in [3.05, 3.63) is 42.1 Å². The lowest BCUT2D eigenvalue weighted by atomic mass is 10.3. The van der Waals surface area contributed by atoms with E-state index >= 15 is 0 Å². The molecule has 1 aromatic carbocycles. The molecule has 0 aliphatic carbocycles. The maximum absolute atomic E-state index is 5.58. The fraction of sp³-hybridized carbons (Fsp3) is 0.333. The minimum atomic E-state index is 0.290. The number of hydrogen-bond donors (Lipinski definition) is 0. The second kappa shape index (κ2) is 6.25. The molecule has 90 valence electrons. The Labute approximate surface area is 105 Å². The van der Waals surface area contributed by atoms with Crippen molar-refractivity contribution in [2.24, 2.45) is 0 Å². The highest BCUT2D eigenvalue weighted by molar-refractivity contribution is 6.17. The summed E-state index contributed by atoms with van der Waals surface area (Å²) < 4.78 is 10.9. The number of aromatic nitrogens is 2. The van der Waals surface area contributed by atoms with Crippen molar-refractivity contribution >= 4 is 11.6 Å². The molecule has 17 heavy (non-hydrogen) atoms. The maximum atomic E-state index is 5.58. The minimum absolute atomic E-state index is 0.290. The van der Waals surface area contributed by atoms with Crippen LogP contribution in [0.4, 0.5) is 0 Å². The Morgan fingerprint density at radius 1 is 1.12 bits per heavy atom. The molecule has 1 heterocycles. The summed E-state index contributed by atoms with van der Waals surface area (Å²) in [4.78, 5) is 0. The third kappa shape index (κ3) is 3.75. The zero-order valence-corrected chi connectivity index (χ0v) is 10.1. The smallest absolute Gasteiger partial charge is 0.253 e. The molecule has 0 aliphatic rings. The van der Waals surface area contributed by atoms with Crippen LogP contribution in [0.5, 0.6) is 5.75 Å². The molecule has 2 rings (SSSR count). The van der Waals surface area contributed by atoms with E-state index in [1.807, 2.05) is 30.3 Å². The zero-order chi connectivity index (χ0) is 11.9. The van der Waals surface area contributed by atoms with Gasteiger partial charge in [-0.3, -0.25) is 0 Å². The van der Waals surface area contributed by atoms with E-state index in [2.05, 4.69) is 10.2 Å². The van der Waals surface area contributed by atoms with Crippen molar-refractivity contribution in [3.63, 3.8) is 0 Å². The Bertz CT molecular complexity index is 445. The fourth-order valence-electron chi connectivity index (χ4n) is 1.33. The summed E-state index contributed by atoms with van der Waals surface area (Å²) in [6.45, 7) is 0.290. The van der Waals surface area contributed by atoms with Gasteiger partial charge in [-0.2, -0.15) is 0 Å². The molecule has 1 aromatic heterocycles. The normalized spacial score (nSPS) is 10.4. The molecule has 5 heteroatoms. The first-order valence-corrected chi connectivity index (χ1v) is 5.97. The molecule has 0 saturated heterocycles. The van der Waals surface area contributed by atoms with Crippen LogP contribution in [-0.2, 0) is 13.0 Å². The van der Waals surface area contributed by atoms with Crippen molar-refractivity contribution in [3.8, 4) is 5.75 Å². The highest BCUT2D eigenvalue weighted by Crippen LogP contribution is 2.11. The second-order valence-electron chi connectivity index (χ2n) is 3.48. The van der Waals surface area contributed by atoms with E-state index in [0.29, 0.717) is 24.1 Å². The lowest BCUT2D eigenvalue weighted by Gasteiger charge is -2.01. The summed E-state index contributed by atoms with van der Waals surface area (Å²) >= 11 is 5.58. The third-order valence-corrected chi connectivity index (χ3v) is 2.41. The molecule has 0 bridgehead atoms. The molecule has 0 spiro atoms. The molecule has 0 unspecified atom stereocenters. The van der Waals surface area contributed by atoms with Crippen LogP contribution < -0.4 is 4.74 Å². The van der Waals surface area contributed by atoms with Crippen molar-refractivity contribution in [2.75, 3.05) is 5.88 Å². The SMILES string of the molecule is ClCCCc1nnc(COc2ccccc2)o1. The van der Waals surface area contributed by atoms with Crippen LogP contribution >= 0.6 is 11.6 Å². The average molecular weight is 253 g/mol. The van der Waals surface area contributed by atoms with Gasteiger partial charge in [-0.05, 0) is 18.6 Å². The van der Waals surface area contributed by atoms with Crippen molar-refractivity contribution in [1.82, 2.24) is 10.2 Å². The average Bonchev–Trinajstić information content (AvgIpc) is 2.83. The number of halogens is 1. The summed E-state index contributed by atoms with van der Waals surface area (Å²) in [5.41, 5.74) is 0. The number of para-hydroxylation sites is 1. The Hall–Kier alpha value is -1.55. The van der Waals surface area contributed by atoms with Crippen LogP contribution in [0.25, 0.3) is 0 Å². The number of rotatable bonds is 6. The van der Waals surface area contributed by atoms with E-state index in [1.165, 1.54) is 0 Å². The molecule has 0 N–H and O–H groups in total. The van der Waals surface area contributed by atoms with Gasteiger partial charge in [-0.1, -0.05) is 18.2 Å². The maximum Gasteiger partial charge on any atom is 0.253 e. The topological polar surface area (TPSA) is 48.2 Å². The van der Waals surface area contributed by atoms with Crippen LogP contribution in [0.2, 0.25) is 0 Å². The Kier molecular flexibility index (Phi) is 4.38. The Balaban J connectivity index is 1.85. The third-order valence-electron chi connectivity index (χ3n) is 2.14. The highest BCUT2D eigenvalue weighted by atomic mass is 35.5. The van der Waals surface area contributed by atoms with E-state index in [1.54, 1.807) is 0 Å². The first-order chi connectivity index (χ1) is 8.38. The van der Waals surface area contributed by atoms with Crippen LogP contribution in [0.3, 0.4) is 0 Å². The van der Waals surface area contributed by atoms with Gasteiger partial charge in [0.2, 0.25) is 5.89 Å². The molecular formula is C12H13ClN2O2. The van der Waals surface area contributed by atoms with Gasteiger partial charge in [0.05, 0.1) is 0 Å². The quantitative estimate of drug-likeness (QED) is 0.742. The second-order valence-corrected chi connectivity index (χ2v) is 3.86. The van der Waals surface area contributed by atoms with Crippen molar-refractivity contribution in [2.45, 2.75) is 19.4 Å². The van der Waals surface area contributed by atoms with Crippen LogP contribution in [0, 0.1) is 0 Å². The number of benzene rings is 1. The molecule has 0 radical (unpaired) electrons. The van der Waals surface area contributed by atoms with Gasteiger partial charge in [0.1, 0.15) is 5.75 Å². The van der Waals surface area contributed by atoms with Crippen LogP contribution in [0.15, 0.2) is 34.7 Å². The van der Waals surface area contributed by atoms with E-state index < -0.39 is 0 Å². The lowest BCUT2D eigenvalue weighted by Crippen LogP contribution is -1.95. The van der Waals surface area contributed by atoms with Gasteiger partial charge >= 0.3 is 0 Å². The molecule has 0 amide bonds. The van der Waals surface area contributed by atoms with Gasteiger partial charge in [-0.25, -0.2) is 0 Å². The zero-order valence-electron chi connectivity index (χ0n) is 9.30. The molecule has 2 aromatic rings. The van der Waals surface area contributed by atoms with Crippen molar-refractivity contribution in [1.29, 1.82) is 0 Å². The Morgan fingerprint density at radius 3 is 2.65 bits per heavy atom. The van der Waals surface area contributed by atoms with Crippen LogP contribution in [-0.4, -0.2) is 16.1 Å². The minimum Gasteiger partial charge on any atom is -0.484 e. The van der Waals surface area contributed by atoms with Gasteiger partial charge in [-0.15, -0.1) is 21.8 Å². The summed E-state index contributed by atoms with van der Waals surface area (Å²) in [6.07, 6.45) is 1.55. The fourth-order valence-corrected chi connectivity index (χ4v) is 1.46. The van der Waals surface area contributed by atoms with Gasteiger partial charge in [0.15, 0.2) is 6.61 Å². The molecule has 0 saturated carbocycles. The highest BCUT2D eigenvalue weighted by Gasteiger charge is 2.06. The molecule has 4 nitrogen and oxygen atoms in total. The first kappa shape index (κ1) is 11.9. The monoisotopic (exact) mass is 252 g/mol. The largest absolute Gasteiger partial charge is 0.484 e. The van der Waals surface area contributed by atoms with Crippen LogP contribution in [0.1, 0.15) is 18.2 Å². The molecule has 0 fully saturated rings. The summed E-state index contributed by atoms with van der Waals surface area (Å²) in [5.74, 6) is 2.47. The van der Waals surface area contributed by atoms with E-state index in [-0.39, 0.29) is 6.61 Å². The number of alkyl halides is 1. The van der Waals surface area contributed by atoms with E-state index in [9.17, 15) is 0 Å². The summed E-state index contributed by atoms with van der Waals surface area (Å²) in [7, 11) is 0. The lowest BCUT2D eigenvalue weighted by molar-refractivity contribution is 0.259. The number of hydrogen-bond acceptors (Lipinski definition) is 4. The first-order valence-electron chi connectivity index (χ1n) is 5.43. The van der Waals surface area contributed by atoms with E-state index in [4.69, 9.17) is 20.8 Å². The Morgan fingerprint density at radius 2 is 1.88 bits per heavy atom. The van der Waals surface area contributed by atoms with Gasteiger partial charge < -0.3 is 9.15 Å². The summed E-state index contributed by atoms with van der Waals surface area (Å²) in [5, 5.41) is 7.81. The molecule has 0 atom stereocenters. The summed E-state index contributed by atoms with van der Waals surface area (Å²) in [6, 6.07) is 9.52. The predicted molar refractivity (Wildman–Crippen MR) is 64.1 cm³/mol. The van der Waals surface area contributed by atoms with Gasteiger partial charge in [0.25, 0.3) is 5.89 Å². The molecular weight excluding hydrogens is 240 g/mol. The standard InChI is InChI=1S/C12H13ClN2O2/c13-8-4-7-11-14-15-12(17-11)9-16-10-5-2-1-3-6-10/h1-3,5-6H,4,7-9H2. The molecule has 0 aliphatic heterocycles. The predicted octanol–water partition coefficient (Wildman–Crippen LogP) is 2.82. The van der Waals surface area contributed by atoms with Crippen molar-refractivity contribution < 1.29 is 9.15 Å². The number of ether oxygens (including phenoxy) is 1. The van der Waals surface area contributed by atoms with Gasteiger partial charge in [0, 0.05) is 12.3 Å². The number of aryl methyl sites for hydroxylation is 1. The van der Waals surface area contributed by atoms with E-state index in [0.717, 1.165) is 12.2 Å².